The van der Waals surface area contributed by atoms with Gasteiger partial charge in [-0.3, -0.25) is 0 Å². The van der Waals surface area contributed by atoms with Gasteiger partial charge in [-0.1, -0.05) is 5.16 Å². The van der Waals surface area contributed by atoms with Crippen LogP contribution < -0.4 is 5.73 Å². The topological polar surface area (TPSA) is 78.1 Å². The first-order valence-corrected chi connectivity index (χ1v) is 5.38. The quantitative estimate of drug-likeness (QED) is 0.780. The van der Waals surface area contributed by atoms with Crippen molar-refractivity contribution in [1.29, 1.82) is 0 Å². The maximum Gasteiger partial charge on any atom is 0.226 e. The fourth-order valence-corrected chi connectivity index (χ4v) is 1.50. The molecule has 2 heterocycles. The minimum Gasteiger partial charge on any atom is -0.469 e. The predicted molar refractivity (Wildman–Crippen MR) is 58.7 cm³/mol. The van der Waals surface area contributed by atoms with Gasteiger partial charge in [-0.2, -0.15) is 4.98 Å². The zero-order chi connectivity index (χ0) is 11.4. The molecule has 0 spiro atoms. The number of nitrogens with two attached hydrogens (primary N) is 1. The van der Waals surface area contributed by atoms with Crippen LogP contribution in [0.5, 0.6) is 0 Å². The Hall–Kier alpha value is -1.62. The number of hydrogen-bond donors (Lipinski definition) is 1. The summed E-state index contributed by atoms with van der Waals surface area (Å²) in [6.07, 6.45) is 4.35. The Morgan fingerprint density at radius 3 is 2.94 bits per heavy atom. The molecule has 0 aromatic carbocycles. The van der Waals surface area contributed by atoms with E-state index in [1.165, 1.54) is 0 Å². The van der Waals surface area contributed by atoms with Gasteiger partial charge in [-0.15, -0.1) is 0 Å². The number of aromatic nitrogens is 2. The summed E-state index contributed by atoms with van der Waals surface area (Å²) in [7, 11) is 0. The van der Waals surface area contributed by atoms with Crippen molar-refractivity contribution < 1.29 is 8.94 Å². The molecule has 0 amide bonds. The standard InChI is InChI=1S/C11H15N3O2/c1-8-9(5-7-15-8)11-13-10(16-14-11)4-2-3-6-12/h5,7H,2-4,6,12H2,1H3. The lowest BCUT2D eigenvalue weighted by atomic mass is 10.2. The second-order valence-electron chi connectivity index (χ2n) is 3.65. The second kappa shape index (κ2) is 4.94. The van der Waals surface area contributed by atoms with E-state index in [0.29, 0.717) is 18.3 Å². The highest BCUT2D eigenvalue weighted by Gasteiger charge is 2.12. The molecule has 86 valence electrons. The fourth-order valence-electron chi connectivity index (χ4n) is 1.50. The third kappa shape index (κ3) is 2.30. The van der Waals surface area contributed by atoms with Crippen LogP contribution in [0.1, 0.15) is 24.5 Å². The Morgan fingerprint density at radius 1 is 1.38 bits per heavy atom. The molecule has 0 fully saturated rings. The largest absolute Gasteiger partial charge is 0.469 e. The van der Waals surface area contributed by atoms with Crippen LogP contribution in [0.15, 0.2) is 21.3 Å². The summed E-state index contributed by atoms with van der Waals surface area (Å²) in [4.78, 5) is 4.31. The molecule has 0 saturated carbocycles. The molecular weight excluding hydrogens is 206 g/mol. The van der Waals surface area contributed by atoms with E-state index in [-0.39, 0.29) is 0 Å². The molecule has 0 radical (unpaired) electrons. The number of nitrogens with zero attached hydrogens (tertiary/aromatic N) is 2. The Kier molecular flexibility index (Phi) is 3.36. The summed E-state index contributed by atoms with van der Waals surface area (Å²) in [5.41, 5.74) is 6.30. The fraction of sp³-hybridized carbons (Fsp3) is 0.455. The molecule has 0 aliphatic rings. The predicted octanol–water partition coefficient (Wildman–Crippen LogP) is 1.92. The summed E-state index contributed by atoms with van der Waals surface area (Å²) < 4.78 is 10.3. The van der Waals surface area contributed by atoms with Gasteiger partial charge in [0.05, 0.1) is 11.8 Å². The number of furan rings is 1. The van der Waals surface area contributed by atoms with Crippen molar-refractivity contribution in [3.63, 3.8) is 0 Å². The highest BCUT2D eigenvalue weighted by molar-refractivity contribution is 5.55. The van der Waals surface area contributed by atoms with Crippen LogP contribution in [-0.4, -0.2) is 16.7 Å². The van der Waals surface area contributed by atoms with Gasteiger partial charge >= 0.3 is 0 Å². The van der Waals surface area contributed by atoms with E-state index in [1.807, 2.05) is 13.0 Å². The van der Waals surface area contributed by atoms with E-state index < -0.39 is 0 Å². The Labute approximate surface area is 93.6 Å². The highest BCUT2D eigenvalue weighted by atomic mass is 16.5. The van der Waals surface area contributed by atoms with Crippen LogP contribution in [-0.2, 0) is 6.42 Å². The van der Waals surface area contributed by atoms with Gasteiger partial charge in [0.15, 0.2) is 0 Å². The van der Waals surface area contributed by atoms with E-state index in [2.05, 4.69) is 10.1 Å². The molecule has 2 N–H and O–H groups in total. The normalized spacial score (nSPS) is 10.9. The summed E-state index contributed by atoms with van der Waals surface area (Å²) in [6.45, 7) is 2.57. The number of unbranched alkanes of at least 4 members (excludes halogenated alkanes) is 1. The smallest absolute Gasteiger partial charge is 0.226 e. The molecule has 0 aliphatic heterocycles. The first-order chi connectivity index (χ1) is 7.81. The summed E-state index contributed by atoms with van der Waals surface area (Å²) in [5, 5.41) is 3.92. The third-order valence-electron chi connectivity index (χ3n) is 2.41. The number of aryl methyl sites for hydroxylation is 2. The van der Waals surface area contributed by atoms with Crippen molar-refractivity contribution in [2.75, 3.05) is 6.54 Å². The molecule has 0 unspecified atom stereocenters. The van der Waals surface area contributed by atoms with Crippen LogP contribution in [0.3, 0.4) is 0 Å². The SMILES string of the molecule is Cc1occc1-c1noc(CCCCN)n1. The molecule has 0 atom stereocenters. The van der Waals surface area contributed by atoms with Crippen molar-refractivity contribution in [3.8, 4) is 11.4 Å². The van der Waals surface area contributed by atoms with Crippen molar-refractivity contribution in [2.24, 2.45) is 5.73 Å². The second-order valence-corrected chi connectivity index (χ2v) is 3.65. The Morgan fingerprint density at radius 2 is 2.25 bits per heavy atom. The highest BCUT2D eigenvalue weighted by Crippen LogP contribution is 2.21. The third-order valence-corrected chi connectivity index (χ3v) is 2.41. The number of rotatable bonds is 5. The first-order valence-electron chi connectivity index (χ1n) is 5.38. The lowest BCUT2D eigenvalue weighted by Gasteiger charge is -1.91. The maximum atomic E-state index is 5.42. The molecule has 5 heteroatoms. The van der Waals surface area contributed by atoms with Crippen molar-refractivity contribution >= 4 is 0 Å². The minimum atomic E-state index is 0.592. The average Bonchev–Trinajstić information content (AvgIpc) is 2.87. The molecular formula is C11H15N3O2. The van der Waals surface area contributed by atoms with E-state index in [0.717, 1.165) is 30.6 Å². The van der Waals surface area contributed by atoms with Gasteiger partial charge in [-0.05, 0) is 32.4 Å². The molecule has 0 bridgehead atoms. The summed E-state index contributed by atoms with van der Waals surface area (Å²) >= 11 is 0. The first kappa shape index (κ1) is 10.9. The van der Waals surface area contributed by atoms with E-state index >= 15 is 0 Å². The molecule has 2 rings (SSSR count). The van der Waals surface area contributed by atoms with Gasteiger partial charge < -0.3 is 14.7 Å². The van der Waals surface area contributed by atoms with Crippen molar-refractivity contribution in [2.45, 2.75) is 26.2 Å². The average molecular weight is 221 g/mol. The molecule has 16 heavy (non-hydrogen) atoms. The van der Waals surface area contributed by atoms with Gasteiger partial charge in [0.25, 0.3) is 0 Å². The molecule has 5 nitrogen and oxygen atoms in total. The van der Waals surface area contributed by atoms with E-state index in [1.54, 1.807) is 6.26 Å². The lowest BCUT2D eigenvalue weighted by molar-refractivity contribution is 0.375. The lowest BCUT2D eigenvalue weighted by Crippen LogP contribution is -1.99. The van der Waals surface area contributed by atoms with Crippen LogP contribution in [0.4, 0.5) is 0 Å². The Balaban J connectivity index is 2.05. The van der Waals surface area contributed by atoms with Gasteiger partial charge in [0, 0.05) is 6.42 Å². The molecule has 2 aromatic rings. The molecule has 0 saturated heterocycles. The van der Waals surface area contributed by atoms with Crippen LogP contribution in [0.2, 0.25) is 0 Å². The van der Waals surface area contributed by atoms with E-state index in [4.69, 9.17) is 14.7 Å². The minimum absolute atomic E-state index is 0.592. The monoisotopic (exact) mass is 221 g/mol. The number of hydrogen-bond acceptors (Lipinski definition) is 5. The summed E-state index contributed by atoms with van der Waals surface area (Å²) in [6, 6.07) is 1.84. The van der Waals surface area contributed by atoms with Gasteiger partial charge in [-0.25, -0.2) is 0 Å². The van der Waals surface area contributed by atoms with E-state index in [9.17, 15) is 0 Å². The van der Waals surface area contributed by atoms with Crippen LogP contribution >= 0.6 is 0 Å². The summed E-state index contributed by atoms with van der Waals surface area (Å²) in [5.74, 6) is 2.05. The van der Waals surface area contributed by atoms with Crippen LogP contribution in [0.25, 0.3) is 11.4 Å². The molecule has 2 aromatic heterocycles. The molecule has 0 aliphatic carbocycles. The zero-order valence-electron chi connectivity index (χ0n) is 9.27. The van der Waals surface area contributed by atoms with Crippen molar-refractivity contribution in [3.05, 3.63) is 24.0 Å². The Bertz CT molecular complexity index is 448. The zero-order valence-corrected chi connectivity index (χ0v) is 9.27. The van der Waals surface area contributed by atoms with Gasteiger partial charge in [0.2, 0.25) is 11.7 Å². The van der Waals surface area contributed by atoms with Crippen LogP contribution in [0, 0.1) is 6.92 Å². The maximum absolute atomic E-state index is 5.42. The van der Waals surface area contributed by atoms with Crippen molar-refractivity contribution in [1.82, 2.24) is 10.1 Å². The van der Waals surface area contributed by atoms with Gasteiger partial charge in [0.1, 0.15) is 5.76 Å².